The zero-order valence-corrected chi connectivity index (χ0v) is 31.0. The highest BCUT2D eigenvalue weighted by molar-refractivity contribution is 7.90. The maximum atomic E-state index is 14.2. The van der Waals surface area contributed by atoms with E-state index in [0.29, 0.717) is 41.3 Å². The molecule has 0 radical (unpaired) electrons. The molecule has 2 aliphatic heterocycles. The number of pyridine rings is 1. The monoisotopic (exact) mass is 735 g/mol. The van der Waals surface area contributed by atoms with Crippen LogP contribution in [0.3, 0.4) is 0 Å². The molecule has 52 heavy (non-hydrogen) atoms. The maximum absolute atomic E-state index is 14.2. The smallest absolute Gasteiger partial charge is 0.264 e. The minimum Gasteiger partial charge on any atom is -0.496 e. The predicted octanol–water partition coefficient (Wildman–Crippen LogP) is 2.70. The van der Waals surface area contributed by atoms with Crippen LogP contribution in [-0.2, 0) is 24.4 Å². The van der Waals surface area contributed by atoms with Gasteiger partial charge in [0.2, 0.25) is 5.91 Å². The molecule has 6 rings (SSSR count). The molecule has 3 N–H and O–H groups in total. The van der Waals surface area contributed by atoms with E-state index in [-0.39, 0.29) is 24.3 Å². The number of methoxy groups -OCH3 is 1. The Labute approximate surface area is 303 Å². The fraction of sp³-hybridized carbons (Fsp3) is 0.459. The van der Waals surface area contributed by atoms with Crippen LogP contribution in [0.2, 0.25) is 0 Å². The van der Waals surface area contributed by atoms with Gasteiger partial charge in [-0.15, -0.1) is 6.58 Å². The largest absolute Gasteiger partial charge is 0.496 e. The number of benzene rings is 2. The third-order valence-corrected chi connectivity index (χ3v) is 11.4. The molecular formula is C37H45N5O9S. The van der Waals surface area contributed by atoms with Gasteiger partial charge in [0, 0.05) is 42.6 Å². The first kappa shape index (κ1) is 36.9. The van der Waals surface area contributed by atoms with Gasteiger partial charge in [0.1, 0.15) is 47.6 Å². The number of fused-ring (bicyclic) bond motifs is 2. The minimum atomic E-state index is -4.38. The number of nitrogens with zero attached hydrogens (tertiary/aromatic N) is 3. The van der Waals surface area contributed by atoms with Crippen LogP contribution in [0, 0.1) is 18.3 Å². The molecule has 2 aromatic carbocycles. The number of rotatable bonds is 10. The Morgan fingerprint density at radius 1 is 1.17 bits per heavy atom. The summed E-state index contributed by atoms with van der Waals surface area (Å²) in [6.07, 6.45) is 1.09. The second kappa shape index (κ2) is 13.6. The Hall–Kier alpha value is -4.89. The fourth-order valence-corrected chi connectivity index (χ4v) is 7.89. The van der Waals surface area contributed by atoms with Crippen molar-refractivity contribution < 1.29 is 42.1 Å². The maximum Gasteiger partial charge on any atom is 0.264 e. The lowest BCUT2D eigenvalue weighted by Gasteiger charge is -2.32. The number of carbonyl (C=O) groups excluding carboxylic acids is 3. The van der Waals surface area contributed by atoms with Crippen molar-refractivity contribution in [3.8, 4) is 17.2 Å². The number of aryl methyl sites for hydroxylation is 1. The van der Waals surface area contributed by atoms with E-state index in [1.165, 1.54) is 23.1 Å². The Kier molecular flexibility index (Phi) is 9.64. The Morgan fingerprint density at radius 3 is 2.60 bits per heavy atom. The van der Waals surface area contributed by atoms with E-state index in [1.807, 2.05) is 24.9 Å². The van der Waals surface area contributed by atoms with Crippen LogP contribution in [-0.4, -0.2) is 98.8 Å². The number of aliphatic hydroxyl groups excluding tert-OH is 1. The summed E-state index contributed by atoms with van der Waals surface area (Å²) >= 11 is 0. The molecule has 1 saturated carbocycles. The van der Waals surface area contributed by atoms with Crippen LogP contribution in [0.1, 0.15) is 39.2 Å². The van der Waals surface area contributed by atoms with Gasteiger partial charge in [-0.1, -0.05) is 26.8 Å². The summed E-state index contributed by atoms with van der Waals surface area (Å²) in [6, 6.07) is 8.53. The summed E-state index contributed by atoms with van der Waals surface area (Å²) in [7, 11) is -0.937. The topological polar surface area (TPSA) is 177 Å². The zero-order valence-electron chi connectivity index (χ0n) is 30.1. The molecule has 14 nitrogen and oxygen atoms in total. The Balaban J connectivity index is 1.25. The second-order valence-electron chi connectivity index (χ2n) is 14.7. The average Bonchev–Trinajstić information content (AvgIpc) is 3.66. The van der Waals surface area contributed by atoms with Gasteiger partial charge in [0.05, 0.1) is 36.3 Å². The van der Waals surface area contributed by atoms with Gasteiger partial charge in [-0.25, -0.2) is 13.1 Å². The lowest BCUT2D eigenvalue weighted by atomic mass is 9.88. The van der Waals surface area contributed by atoms with Gasteiger partial charge in [-0.2, -0.15) is 0 Å². The molecule has 1 aromatic heterocycles. The molecule has 3 aliphatic rings. The molecule has 3 amide bonds. The van der Waals surface area contributed by atoms with Crippen molar-refractivity contribution in [3.63, 3.8) is 0 Å². The summed E-state index contributed by atoms with van der Waals surface area (Å²) < 4.78 is 46.5. The van der Waals surface area contributed by atoms with Crippen LogP contribution < -0.4 is 29.1 Å². The molecule has 0 spiro atoms. The number of carbonyl (C=O) groups is 3. The number of aromatic nitrogens is 1. The number of anilines is 1. The summed E-state index contributed by atoms with van der Waals surface area (Å²) in [4.78, 5) is 49.2. The molecule has 1 aliphatic carbocycles. The lowest BCUT2D eigenvalue weighted by molar-refractivity contribution is -0.150. The second-order valence-corrected chi connectivity index (χ2v) is 16.4. The number of nitrogens with one attached hydrogen (secondary N) is 2. The zero-order chi connectivity index (χ0) is 37.7. The molecule has 5 atom stereocenters. The first-order valence-corrected chi connectivity index (χ1v) is 18.6. The van der Waals surface area contributed by atoms with Gasteiger partial charge < -0.3 is 34.4 Å². The van der Waals surface area contributed by atoms with E-state index < -0.39 is 62.9 Å². The summed E-state index contributed by atoms with van der Waals surface area (Å²) in [5.41, 5.74) is -0.269. The van der Waals surface area contributed by atoms with Crippen LogP contribution in [0.15, 0.2) is 60.1 Å². The van der Waals surface area contributed by atoms with Crippen molar-refractivity contribution >= 4 is 44.3 Å². The van der Waals surface area contributed by atoms with E-state index in [2.05, 4.69) is 21.6 Å². The van der Waals surface area contributed by atoms with Gasteiger partial charge in [0.25, 0.3) is 21.8 Å². The third kappa shape index (κ3) is 6.74. The number of hydrogen-bond acceptors (Lipinski definition) is 11. The van der Waals surface area contributed by atoms with Gasteiger partial charge in [-0.05, 0) is 49.1 Å². The first-order chi connectivity index (χ1) is 24.5. The van der Waals surface area contributed by atoms with E-state index in [0.717, 1.165) is 11.3 Å². The van der Waals surface area contributed by atoms with Crippen molar-refractivity contribution in [2.75, 3.05) is 38.8 Å². The molecule has 0 unspecified atom stereocenters. The Morgan fingerprint density at radius 2 is 1.92 bits per heavy atom. The van der Waals surface area contributed by atoms with Crippen LogP contribution in [0.5, 0.6) is 17.2 Å². The number of sulfonamides is 1. The van der Waals surface area contributed by atoms with Gasteiger partial charge in [0.15, 0.2) is 0 Å². The van der Waals surface area contributed by atoms with E-state index in [4.69, 9.17) is 14.2 Å². The minimum absolute atomic E-state index is 0.0307. The molecule has 3 heterocycles. The first-order valence-electron chi connectivity index (χ1n) is 17.1. The summed E-state index contributed by atoms with van der Waals surface area (Å²) in [6.45, 7) is 11.8. The number of amides is 3. The molecular weight excluding hydrogens is 690 g/mol. The van der Waals surface area contributed by atoms with Crippen molar-refractivity contribution in [2.45, 2.75) is 69.2 Å². The standard InChI is InChI=1S/C37H45N5O9S/c1-8-22-19-37(22,35(46)40-52(47,48)24-9-11-26-30(18-24)50-16-15-41(26)6)39-33(44)27-17-23(20-42(27)34(45)32(43)36(3,4)5)51-29-13-14-38-31-21(2)28(49-7)12-10-25(29)31/h8-14,18,22-23,27,32,43H,1,15-17,19-20H2,2-7H3,(H,39,44)(H,40,46)/t22-,23-,27-,32-,37-/m1/s1. The van der Waals surface area contributed by atoms with E-state index >= 15 is 0 Å². The number of aliphatic hydroxyl groups is 1. The van der Waals surface area contributed by atoms with Crippen LogP contribution in [0.4, 0.5) is 5.69 Å². The number of ether oxygens (including phenoxy) is 3. The molecule has 3 aromatic rings. The highest BCUT2D eigenvalue weighted by Gasteiger charge is 2.61. The Bertz CT molecular complexity index is 2050. The van der Waals surface area contributed by atoms with Crippen molar-refractivity contribution in [3.05, 3.63) is 60.8 Å². The predicted molar refractivity (Wildman–Crippen MR) is 193 cm³/mol. The molecule has 2 fully saturated rings. The highest BCUT2D eigenvalue weighted by Crippen LogP contribution is 2.45. The fourth-order valence-electron chi connectivity index (χ4n) is 6.84. The third-order valence-electron chi connectivity index (χ3n) is 10.1. The van der Waals surface area contributed by atoms with Gasteiger partial charge in [-0.3, -0.25) is 19.4 Å². The molecule has 0 bridgehead atoms. The summed E-state index contributed by atoms with van der Waals surface area (Å²) in [5, 5.41) is 14.5. The molecule has 1 saturated heterocycles. The molecule has 278 valence electrons. The van der Waals surface area contributed by atoms with Gasteiger partial charge >= 0.3 is 0 Å². The van der Waals surface area contributed by atoms with Crippen molar-refractivity contribution in [1.29, 1.82) is 0 Å². The lowest BCUT2D eigenvalue weighted by Crippen LogP contribution is -2.57. The normalized spacial score (nSPS) is 23.2. The van der Waals surface area contributed by atoms with Crippen molar-refractivity contribution in [2.24, 2.45) is 11.3 Å². The SMILES string of the molecule is C=C[C@@H]1C[C@]1(NC(=O)[C@H]1C[C@@H](Oc2ccnc3c(C)c(OC)ccc23)CN1C(=O)[C@@H](O)C(C)(C)C)C(=O)NS(=O)(=O)c1ccc2c(c1)OCCN2C. The average molecular weight is 736 g/mol. The van der Waals surface area contributed by atoms with Crippen LogP contribution in [0.25, 0.3) is 10.9 Å². The number of likely N-dealkylation sites (N-methyl/N-ethyl adjacent to an activating group) is 1. The quantitative estimate of drug-likeness (QED) is 0.261. The summed E-state index contributed by atoms with van der Waals surface area (Å²) in [5.74, 6) is -1.35. The van der Waals surface area contributed by atoms with E-state index in [9.17, 15) is 27.9 Å². The van der Waals surface area contributed by atoms with E-state index in [1.54, 1.807) is 52.3 Å². The number of hydrogen-bond donors (Lipinski definition) is 3. The van der Waals surface area contributed by atoms with Crippen molar-refractivity contribution in [1.82, 2.24) is 19.9 Å². The van der Waals surface area contributed by atoms with Crippen LogP contribution >= 0.6 is 0 Å². The highest BCUT2D eigenvalue weighted by atomic mass is 32.2. The molecule has 15 heteroatoms. The number of likely N-dealkylation sites (tertiary alicyclic amines) is 1.